The van der Waals surface area contributed by atoms with Crippen LogP contribution in [0.15, 0.2) is 121 Å². The molecule has 0 amide bonds. The summed E-state index contributed by atoms with van der Waals surface area (Å²) < 4.78 is 7.60. The smallest absolute Gasteiger partial charge is 0.0998 e. The summed E-state index contributed by atoms with van der Waals surface area (Å²) in [6.07, 6.45) is 0. The lowest BCUT2D eigenvalue weighted by molar-refractivity contribution is 1.18. The second-order valence-electron chi connectivity index (χ2n) is 10.4. The van der Waals surface area contributed by atoms with Gasteiger partial charge in [-0.25, -0.2) is 0 Å². The van der Waals surface area contributed by atoms with Crippen molar-refractivity contribution < 1.29 is 0 Å². The van der Waals surface area contributed by atoms with Crippen LogP contribution in [0.1, 0.15) is 5.56 Å². The van der Waals surface area contributed by atoms with E-state index in [-0.39, 0.29) is 0 Å². The fraction of sp³-hybridized carbons (Fsp3) is 0. The van der Waals surface area contributed by atoms with Crippen LogP contribution in [0.5, 0.6) is 0 Å². The van der Waals surface area contributed by atoms with Crippen LogP contribution >= 0.6 is 22.7 Å². The zero-order valence-electron chi connectivity index (χ0n) is 21.8. The molecule has 190 valence electrons. The molecular weight excluding hydrogens is 537 g/mol. The minimum Gasteiger partial charge on any atom is -0.309 e. The van der Waals surface area contributed by atoms with Gasteiger partial charge in [-0.2, -0.15) is 5.26 Å². The highest BCUT2D eigenvalue weighted by molar-refractivity contribution is 7.33. The Bertz CT molecular complexity index is 2500. The van der Waals surface area contributed by atoms with Gasteiger partial charge in [-0.3, -0.25) is 0 Å². The number of aromatic nitrogens is 1. The fourth-order valence-corrected chi connectivity index (χ4v) is 9.00. The van der Waals surface area contributed by atoms with Crippen molar-refractivity contribution in [3.05, 3.63) is 127 Å². The normalized spacial score (nSPS) is 11.9. The van der Waals surface area contributed by atoms with Gasteiger partial charge >= 0.3 is 0 Å². The van der Waals surface area contributed by atoms with E-state index in [9.17, 15) is 5.26 Å². The molecule has 0 aliphatic rings. The van der Waals surface area contributed by atoms with Crippen LogP contribution in [0.2, 0.25) is 0 Å². The summed E-state index contributed by atoms with van der Waals surface area (Å²) in [5.74, 6) is 0. The molecule has 3 aromatic heterocycles. The summed E-state index contributed by atoms with van der Waals surface area (Å²) in [6.45, 7) is 0. The molecule has 0 saturated carbocycles. The number of nitrogens with zero attached hydrogens (tertiary/aromatic N) is 2. The number of hydrogen-bond donors (Lipinski definition) is 0. The van der Waals surface area contributed by atoms with Crippen LogP contribution < -0.4 is 0 Å². The maximum absolute atomic E-state index is 10.3. The third-order valence-corrected chi connectivity index (χ3v) is 10.8. The molecule has 0 spiro atoms. The van der Waals surface area contributed by atoms with E-state index in [1.807, 2.05) is 34.8 Å². The van der Waals surface area contributed by atoms with Crippen LogP contribution in [0.25, 0.3) is 79.0 Å². The Morgan fingerprint density at radius 3 is 1.83 bits per heavy atom. The van der Waals surface area contributed by atoms with Crippen LogP contribution in [-0.2, 0) is 0 Å². The Hall–Kier alpha value is -4.95. The molecule has 0 aliphatic heterocycles. The molecule has 6 aromatic carbocycles. The lowest BCUT2D eigenvalue weighted by atomic mass is 9.96. The molecule has 0 bridgehead atoms. The standard InChI is InChI=1S/C37H20N2S2/c38-21-23-8-7-14-32(39-30-12-4-1-9-24(30)25-10-2-5-13-31(25)39)35(23)22-16-19-34-29(20-22)28-18-17-27-26-11-3-6-15-33(26)40-36(27)37(28)41-34/h1-20H. The minimum absolute atomic E-state index is 0.676. The second-order valence-corrected chi connectivity index (χ2v) is 12.5. The predicted octanol–water partition coefficient (Wildman–Crippen LogP) is 11.1. The van der Waals surface area contributed by atoms with Crippen LogP contribution in [0.4, 0.5) is 0 Å². The molecule has 9 aromatic rings. The first-order valence-corrected chi connectivity index (χ1v) is 15.2. The van der Waals surface area contributed by atoms with E-state index in [2.05, 4.69) is 120 Å². The molecule has 41 heavy (non-hydrogen) atoms. The molecule has 2 nitrogen and oxygen atoms in total. The summed E-state index contributed by atoms with van der Waals surface area (Å²) in [6, 6.07) is 45.6. The van der Waals surface area contributed by atoms with E-state index >= 15 is 0 Å². The molecule has 0 atom stereocenters. The number of para-hydroxylation sites is 2. The van der Waals surface area contributed by atoms with E-state index in [1.54, 1.807) is 0 Å². The SMILES string of the molecule is N#Cc1cccc(-n2c3ccccc3c3ccccc32)c1-c1ccc2sc3c(ccc4c5ccccc5sc43)c2c1. The van der Waals surface area contributed by atoms with Gasteiger partial charge in [-0.05, 0) is 48.0 Å². The quantitative estimate of drug-likeness (QED) is 0.208. The first-order valence-electron chi connectivity index (χ1n) is 13.6. The second kappa shape index (κ2) is 8.52. The molecule has 0 N–H and O–H groups in total. The first kappa shape index (κ1) is 22.8. The Balaban J connectivity index is 1.35. The molecule has 0 fully saturated rings. The summed E-state index contributed by atoms with van der Waals surface area (Å²) in [5, 5.41) is 17.9. The Labute approximate surface area is 243 Å². The van der Waals surface area contributed by atoms with Crippen molar-refractivity contribution in [1.82, 2.24) is 4.57 Å². The van der Waals surface area contributed by atoms with Gasteiger partial charge in [0.25, 0.3) is 0 Å². The summed E-state index contributed by atoms with van der Waals surface area (Å²) in [4.78, 5) is 0. The van der Waals surface area contributed by atoms with Gasteiger partial charge in [0.2, 0.25) is 0 Å². The van der Waals surface area contributed by atoms with Crippen molar-refractivity contribution in [2.24, 2.45) is 0 Å². The maximum Gasteiger partial charge on any atom is 0.0998 e. The van der Waals surface area contributed by atoms with Gasteiger partial charge < -0.3 is 4.57 Å². The van der Waals surface area contributed by atoms with Gasteiger partial charge in [-0.15, -0.1) is 22.7 Å². The molecule has 3 heterocycles. The van der Waals surface area contributed by atoms with Gasteiger partial charge in [0.05, 0.1) is 37.8 Å². The third-order valence-electron chi connectivity index (χ3n) is 8.26. The number of hydrogen-bond acceptors (Lipinski definition) is 3. The molecule has 0 saturated heterocycles. The summed E-state index contributed by atoms with van der Waals surface area (Å²) in [7, 11) is 0. The topological polar surface area (TPSA) is 28.7 Å². The highest BCUT2D eigenvalue weighted by Crippen LogP contribution is 2.46. The van der Waals surface area contributed by atoms with Crippen molar-refractivity contribution in [2.75, 3.05) is 0 Å². The molecule has 0 unspecified atom stereocenters. The Morgan fingerprint density at radius 1 is 0.512 bits per heavy atom. The highest BCUT2D eigenvalue weighted by Gasteiger charge is 2.19. The average Bonchev–Trinajstić information content (AvgIpc) is 3.70. The van der Waals surface area contributed by atoms with E-state index in [1.165, 1.54) is 51.1 Å². The van der Waals surface area contributed by atoms with Crippen LogP contribution in [-0.4, -0.2) is 4.57 Å². The van der Waals surface area contributed by atoms with E-state index in [0.717, 1.165) is 27.8 Å². The van der Waals surface area contributed by atoms with Gasteiger partial charge in [0.1, 0.15) is 0 Å². The lowest BCUT2D eigenvalue weighted by Gasteiger charge is -2.15. The summed E-state index contributed by atoms with van der Waals surface area (Å²) >= 11 is 3.75. The zero-order valence-corrected chi connectivity index (χ0v) is 23.4. The van der Waals surface area contributed by atoms with Gasteiger partial charge in [0, 0.05) is 47.3 Å². The van der Waals surface area contributed by atoms with Crippen molar-refractivity contribution in [3.63, 3.8) is 0 Å². The number of fused-ring (bicyclic) bond motifs is 10. The Morgan fingerprint density at radius 2 is 1.12 bits per heavy atom. The number of rotatable bonds is 2. The highest BCUT2D eigenvalue weighted by atomic mass is 32.1. The monoisotopic (exact) mass is 556 g/mol. The number of benzene rings is 6. The molecule has 0 aliphatic carbocycles. The number of thiophene rings is 2. The summed E-state index contributed by atoms with van der Waals surface area (Å²) in [5.41, 5.74) is 5.99. The lowest BCUT2D eigenvalue weighted by Crippen LogP contribution is -1.99. The Kier molecular flexibility index (Phi) is 4.74. The van der Waals surface area contributed by atoms with Crippen molar-refractivity contribution in [2.45, 2.75) is 0 Å². The van der Waals surface area contributed by atoms with Gasteiger partial charge in [0.15, 0.2) is 0 Å². The molecule has 4 heteroatoms. The van der Waals surface area contributed by atoms with Crippen molar-refractivity contribution >= 4 is 84.8 Å². The van der Waals surface area contributed by atoms with Crippen molar-refractivity contribution in [3.8, 4) is 22.9 Å². The molecule has 9 rings (SSSR count). The fourth-order valence-electron chi connectivity index (χ4n) is 6.48. The number of nitriles is 1. The first-order chi connectivity index (χ1) is 20.3. The van der Waals surface area contributed by atoms with E-state index < -0.39 is 0 Å². The predicted molar refractivity (Wildman–Crippen MR) is 177 cm³/mol. The van der Waals surface area contributed by atoms with Crippen LogP contribution in [0.3, 0.4) is 0 Å². The van der Waals surface area contributed by atoms with Gasteiger partial charge in [-0.1, -0.05) is 78.9 Å². The molecule has 0 radical (unpaired) electrons. The average molecular weight is 557 g/mol. The maximum atomic E-state index is 10.3. The zero-order chi connectivity index (χ0) is 27.1. The van der Waals surface area contributed by atoms with Crippen molar-refractivity contribution in [1.29, 1.82) is 5.26 Å². The molecular formula is C37H20N2S2. The van der Waals surface area contributed by atoms with Crippen LogP contribution in [0, 0.1) is 11.3 Å². The largest absolute Gasteiger partial charge is 0.309 e. The third kappa shape index (κ3) is 3.16. The minimum atomic E-state index is 0.676. The van der Waals surface area contributed by atoms with E-state index in [4.69, 9.17) is 0 Å². The van der Waals surface area contributed by atoms with E-state index in [0.29, 0.717) is 5.56 Å².